The Hall–Kier alpha value is -2.56. The molecular formula is C16H16FNO3. The number of hydrogen-bond acceptors (Lipinski definition) is 3. The number of carbonyl (C=O) groups excluding carboxylic acids is 1. The van der Waals surface area contributed by atoms with Crippen LogP contribution in [0.25, 0.3) is 0 Å². The minimum absolute atomic E-state index is 0.297. The Labute approximate surface area is 122 Å². The van der Waals surface area contributed by atoms with Crippen molar-refractivity contribution in [1.82, 2.24) is 0 Å². The van der Waals surface area contributed by atoms with Gasteiger partial charge in [-0.05, 0) is 36.4 Å². The molecule has 0 bridgehead atoms. The van der Waals surface area contributed by atoms with Crippen LogP contribution < -0.4 is 15.2 Å². The summed E-state index contributed by atoms with van der Waals surface area (Å²) in [4.78, 5) is 11.2. The van der Waals surface area contributed by atoms with E-state index in [9.17, 15) is 9.18 Å². The summed E-state index contributed by atoms with van der Waals surface area (Å²) < 4.78 is 23.7. The fourth-order valence-electron chi connectivity index (χ4n) is 1.76. The Morgan fingerprint density at radius 3 is 2.38 bits per heavy atom. The van der Waals surface area contributed by atoms with E-state index in [0.29, 0.717) is 36.7 Å². The lowest BCUT2D eigenvalue weighted by molar-refractivity contribution is 0.0996. The van der Waals surface area contributed by atoms with Gasteiger partial charge in [0.2, 0.25) is 0 Å². The number of rotatable bonds is 7. The van der Waals surface area contributed by atoms with Gasteiger partial charge in [-0.3, -0.25) is 4.79 Å². The van der Waals surface area contributed by atoms with Crippen molar-refractivity contribution in [3.05, 3.63) is 59.9 Å². The van der Waals surface area contributed by atoms with Crippen LogP contribution in [0.15, 0.2) is 48.5 Å². The van der Waals surface area contributed by atoms with Crippen molar-refractivity contribution < 1.29 is 18.7 Å². The van der Waals surface area contributed by atoms with Gasteiger partial charge in [0.1, 0.15) is 17.3 Å². The fraction of sp³-hybridized carbons (Fsp3) is 0.188. The van der Waals surface area contributed by atoms with Crippen molar-refractivity contribution >= 4 is 5.91 Å². The van der Waals surface area contributed by atoms with Crippen molar-refractivity contribution in [1.29, 1.82) is 0 Å². The molecule has 1 amide bonds. The first-order valence-corrected chi connectivity index (χ1v) is 6.57. The number of primary amides is 1. The van der Waals surface area contributed by atoms with Gasteiger partial charge < -0.3 is 15.2 Å². The van der Waals surface area contributed by atoms with E-state index in [0.717, 1.165) is 0 Å². The third-order valence-electron chi connectivity index (χ3n) is 2.78. The summed E-state index contributed by atoms with van der Waals surface area (Å²) in [5.74, 6) is 0.252. The molecule has 0 fully saturated rings. The summed E-state index contributed by atoms with van der Waals surface area (Å²) in [6.07, 6.45) is 0.629. The second kappa shape index (κ2) is 7.28. The predicted molar refractivity (Wildman–Crippen MR) is 77.0 cm³/mol. The van der Waals surface area contributed by atoms with E-state index in [1.165, 1.54) is 12.1 Å². The molecule has 110 valence electrons. The maximum atomic E-state index is 12.7. The average Bonchev–Trinajstić information content (AvgIpc) is 2.49. The minimum atomic E-state index is -0.520. The molecule has 5 heteroatoms. The molecule has 0 aliphatic heterocycles. The highest BCUT2D eigenvalue weighted by atomic mass is 19.1. The smallest absolute Gasteiger partial charge is 0.252 e. The fourth-order valence-corrected chi connectivity index (χ4v) is 1.76. The van der Waals surface area contributed by atoms with E-state index in [4.69, 9.17) is 15.2 Å². The topological polar surface area (TPSA) is 61.6 Å². The molecule has 0 aliphatic carbocycles. The van der Waals surface area contributed by atoms with Gasteiger partial charge in [-0.1, -0.05) is 12.1 Å². The van der Waals surface area contributed by atoms with Crippen LogP contribution in [0.5, 0.6) is 11.5 Å². The molecular weight excluding hydrogens is 273 g/mol. The summed E-state index contributed by atoms with van der Waals surface area (Å²) in [5.41, 5.74) is 5.62. The summed E-state index contributed by atoms with van der Waals surface area (Å²) in [6.45, 7) is 0.829. The molecule has 2 aromatic carbocycles. The zero-order valence-electron chi connectivity index (χ0n) is 11.4. The summed E-state index contributed by atoms with van der Waals surface area (Å²) in [6, 6.07) is 12.6. The number of hydrogen-bond donors (Lipinski definition) is 1. The molecule has 0 atom stereocenters. The number of para-hydroxylation sites is 1. The van der Waals surface area contributed by atoms with Gasteiger partial charge in [0.25, 0.3) is 5.91 Å². The lowest BCUT2D eigenvalue weighted by Gasteiger charge is -2.10. The largest absolute Gasteiger partial charge is 0.493 e. The molecule has 0 heterocycles. The molecule has 0 aromatic heterocycles. The van der Waals surface area contributed by atoms with Crippen molar-refractivity contribution in [2.24, 2.45) is 5.73 Å². The van der Waals surface area contributed by atoms with Crippen molar-refractivity contribution in [2.45, 2.75) is 6.42 Å². The highest BCUT2D eigenvalue weighted by Gasteiger charge is 2.07. The number of nitrogens with two attached hydrogens (primary N) is 1. The maximum absolute atomic E-state index is 12.7. The Balaban J connectivity index is 1.75. The first-order valence-electron chi connectivity index (χ1n) is 6.57. The number of halogens is 1. The van der Waals surface area contributed by atoms with Gasteiger partial charge in [-0.25, -0.2) is 4.39 Å². The SMILES string of the molecule is NC(=O)c1ccccc1OCCCOc1ccc(F)cc1. The molecule has 0 aliphatic rings. The first kappa shape index (κ1) is 14.8. The lowest BCUT2D eigenvalue weighted by atomic mass is 10.2. The van der Waals surface area contributed by atoms with Crippen LogP contribution in [0, 0.1) is 5.82 Å². The Kier molecular flexibility index (Phi) is 5.15. The highest BCUT2D eigenvalue weighted by molar-refractivity contribution is 5.95. The predicted octanol–water partition coefficient (Wildman–Crippen LogP) is 2.77. The molecule has 4 nitrogen and oxygen atoms in total. The Morgan fingerprint density at radius 1 is 1.00 bits per heavy atom. The van der Waals surface area contributed by atoms with Crippen LogP contribution >= 0.6 is 0 Å². The Morgan fingerprint density at radius 2 is 1.67 bits per heavy atom. The van der Waals surface area contributed by atoms with Gasteiger partial charge in [0, 0.05) is 6.42 Å². The molecule has 2 rings (SSSR count). The second-order valence-electron chi connectivity index (χ2n) is 4.36. The Bertz CT molecular complexity index is 599. The average molecular weight is 289 g/mol. The minimum Gasteiger partial charge on any atom is -0.493 e. The molecule has 0 radical (unpaired) electrons. The molecule has 2 N–H and O–H groups in total. The highest BCUT2D eigenvalue weighted by Crippen LogP contribution is 2.17. The molecule has 0 saturated heterocycles. The van der Waals surface area contributed by atoms with Crippen molar-refractivity contribution in [3.8, 4) is 11.5 Å². The number of ether oxygens (including phenoxy) is 2. The van der Waals surface area contributed by atoms with Gasteiger partial charge in [-0.15, -0.1) is 0 Å². The number of amides is 1. The van der Waals surface area contributed by atoms with Crippen LogP contribution in [-0.2, 0) is 0 Å². The zero-order chi connectivity index (χ0) is 15.1. The van der Waals surface area contributed by atoms with E-state index in [-0.39, 0.29) is 5.82 Å². The van der Waals surface area contributed by atoms with Crippen molar-refractivity contribution in [2.75, 3.05) is 13.2 Å². The molecule has 2 aromatic rings. The summed E-state index contributed by atoms with van der Waals surface area (Å²) in [5, 5.41) is 0. The molecule has 21 heavy (non-hydrogen) atoms. The van der Waals surface area contributed by atoms with E-state index < -0.39 is 5.91 Å². The van der Waals surface area contributed by atoms with E-state index >= 15 is 0 Å². The van der Waals surface area contributed by atoms with Crippen LogP contribution in [0.2, 0.25) is 0 Å². The van der Waals surface area contributed by atoms with E-state index in [1.54, 1.807) is 36.4 Å². The van der Waals surface area contributed by atoms with E-state index in [2.05, 4.69) is 0 Å². The van der Waals surface area contributed by atoms with Gasteiger partial charge >= 0.3 is 0 Å². The molecule has 0 unspecified atom stereocenters. The maximum Gasteiger partial charge on any atom is 0.252 e. The normalized spacial score (nSPS) is 10.1. The third-order valence-corrected chi connectivity index (χ3v) is 2.78. The van der Waals surface area contributed by atoms with Gasteiger partial charge in [0.05, 0.1) is 18.8 Å². The van der Waals surface area contributed by atoms with Crippen LogP contribution in [-0.4, -0.2) is 19.1 Å². The van der Waals surface area contributed by atoms with Crippen LogP contribution in [0.3, 0.4) is 0 Å². The van der Waals surface area contributed by atoms with Gasteiger partial charge in [0.15, 0.2) is 0 Å². The molecule has 0 saturated carbocycles. The summed E-state index contributed by atoms with van der Waals surface area (Å²) >= 11 is 0. The third kappa shape index (κ3) is 4.49. The first-order chi connectivity index (χ1) is 10.2. The standard InChI is InChI=1S/C16H16FNO3/c17-12-6-8-13(9-7-12)20-10-3-11-21-15-5-2-1-4-14(15)16(18)19/h1-2,4-9H,3,10-11H2,(H2,18,19). The van der Waals surface area contributed by atoms with Gasteiger partial charge in [-0.2, -0.15) is 0 Å². The lowest BCUT2D eigenvalue weighted by Crippen LogP contribution is -2.13. The van der Waals surface area contributed by atoms with E-state index in [1.807, 2.05) is 0 Å². The van der Waals surface area contributed by atoms with Crippen LogP contribution in [0.4, 0.5) is 4.39 Å². The monoisotopic (exact) mass is 289 g/mol. The number of carbonyl (C=O) groups is 1. The second-order valence-corrected chi connectivity index (χ2v) is 4.36. The molecule has 0 spiro atoms. The van der Waals surface area contributed by atoms with Crippen LogP contribution in [0.1, 0.15) is 16.8 Å². The zero-order valence-corrected chi connectivity index (χ0v) is 11.4. The number of benzene rings is 2. The summed E-state index contributed by atoms with van der Waals surface area (Å²) in [7, 11) is 0. The quantitative estimate of drug-likeness (QED) is 0.797. The van der Waals surface area contributed by atoms with Crippen molar-refractivity contribution in [3.63, 3.8) is 0 Å².